The van der Waals surface area contributed by atoms with E-state index in [4.69, 9.17) is 45.3 Å². The number of aliphatic carboxylic acids is 1. The summed E-state index contributed by atoms with van der Waals surface area (Å²) in [7, 11) is 0. The Hall–Kier alpha value is -1.20. The van der Waals surface area contributed by atoms with Gasteiger partial charge in [-0.05, 0) is 0 Å². The predicted molar refractivity (Wildman–Crippen MR) is 85.5 cm³/mol. The number of rotatable bonds is 3. The number of halogens is 3. The van der Waals surface area contributed by atoms with Gasteiger partial charge in [-0.2, -0.15) is 0 Å². The van der Waals surface area contributed by atoms with E-state index in [1.807, 2.05) is 0 Å². The monoisotopic (exact) mass is 417 g/mol. The van der Waals surface area contributed by atoms with Crippen LogP contribution in [0.3, 0.4) is 0 Å². The fourth-order valence-electron chi connectivity index (χ4n) is 2.04. The van der Waals surface area contributed by atoms with Crippen LogP contribution < -0.4 is 11.1 Å². The number of fused-ring (bicyclic) bond motifs is 1. The molecule has 24 heavy (non-hydrogen) atoms. The van der Waals surface area contributed by atoms with Crippen LogP contribution in [-0.2, 0) is 19.1 Å². The molecule has 3 amide bonds. The van der Waals surface area contributed by atoms with Gasteiger partial charge in [-0.15, -0.1) is 11.8 Å². The minimum absolute atomic E-state index is 0.181. The molecule has 2 atom stereocenters. The normalized spacial score (nSPS) is 23.3. The van der Waals surface area contributed by atoms with Crippen molar-refractivity contribution in [2.24, 2.45) is 5.73 Å². The zero-order valence-corrected chi connectivity index (χ0v) is 14.7. The number of carbonyl (C=O) groups excluding carboxylic acids is 3. The number of alkyl halides is 3. The summed E-state index contributed by atoms with van der Waals surface area (Å²) in [6.07, 6.45) is -1.22. The van der Waals surface area contributed by atoms with E-state index in [9.17, 15) is 24.3 Å². The first kappa shape index (κ1) is 19.1. The average molecular weight is 419 g/mol. The molecule has 1 fully saturated rings. The van der Waals surface area contributed by atoms with E-state index in [2.05, 4.69) is 0 Å². The molecular weight excluding hydrogens is 409 g/mol. The molecule has 2 rings (SSSR count). The van der Waals surface area contributed by atoms with Crippen LogP contribution in [0.25, 0.3) is 0 Å². The number of hydrogen-bond donors (Lipinski definition) is 3. The largest absolute Gasteiger partial charge is 0.477 e. The van der Waals surface area contributed by atoms with Crippen LogP contribution in [0.4, 0.5) is 4.79 Å². The molecule has 132 valence electrons. The Labute approximate surface area is 154 Å². The van der Waals surface area contributed by atoms with Gasteiger partial charge in [-0.25, -0.2) is 9.59 Å². The van der Waals surface area contributed by atoms with Crippen LogP contribution >= 0.6 is 46.6 Å². The lowest BCUT2D eigenvalue weighted by Gasteiger charge is -2.47. The zero-order chi connectivity index (χ0) is 18.2. The Kier molecular flexibility index (Phi) is 5.55. The number of alkyl carbamates (subject to hydrolysis) is 1. The second-order valence-corrected chi connectivity index (χ2v) is 8.11. The zero-order valence-electron chi connectivity index (χ0n) is 11.6. The van der Waals surface area contributed by atoms with Crippen molar-refractivity contribution in [2.45, 2.75) is 15.2 Å². The summed E-state index contributed by atoms with van der Waals surface area (Å²) in [5.74, 6) is -2.91. The van der Waals surface area contributed by atoms with Gasteiger partial charge in [0.25, 0.3) is 9.70 Å². The Morgan fingerprint density at radius 3 is 2.58 bits per heavy atom. The van der Waals surface area contributed by atoms with Gasteiger partial charge in [0.15, 0.2) is 0 Å². The van der Waals surface area contributed by atoms with Crippen molar-refractivity contribution in [2.75, 3.05) is 12.4 Å². The van der Waals surface area contributed by atoms with Gasteiger partial charge in [0.05, 0.1) is 0 Å². The molecule has 2 aliphatic heterocycles. The number of hydrogen-bond acceptors (Lipinski definition) is 7. The van der Waals surface area contributed by atoms with Crippen LogP contribution in [0.5, 0.6) is 0 Å². The Balaban J connectivity index is 2.05. The minimum atomic E-state index is -2.35. The fourth-order valence-corrected chi connectivity index (χ4v) is 3.46. The van der Waals surface area contributed by atoms with E-state index < -0.39 is 45.7 Å². The Bertz CT molecular complexity index is 649. The summed E-state index contributed by atoms with van der Waals surface area (Å²) in [4.78, 5) is 47.0. The Morgan fingerprint density at radius 1 is 1.42 bits per heavy atom. The van der Waals surface area contributed by atoms with Gasteiger partial charge in [0.1, 0.15) is 23.7 Å². The molecule has 0 aromatic carbocycles. The Morgan fingerprint density at radius 2 is 2.04 bits per heavy atom. The first-order chi connectivity index (χ1) is 11.0. The summed E-state index contributed by atoms with van der Waals surface area (Å²) in [6, 6.07) is -0.767. The van der Waals surface area contributed by atoms with Crippen molar-refractivity contribution < 1.29 is 29.0 Å². The van der Waals surface area contributed by atoms with Crippen LogP contribution in [0.15, 0.2) is 11.3 Å². The number of carboxylic acid groups (broad SMARTS) is 1. The summed E-state index contributed by atoms with van der Waals surface area (Å²) in [5, 5.41) is 10.5. The van der Waals surface area contributed by atoms with Gasteiger partial charge in [-0.3, -0.25) is 19.8 Å². The maximum Gasteiger partial charge on any atom is 0.414 e. The van der Waals surface area contributed by atoms with Gasteiger partial charge in [-0.1, -0.05) is 34.8 Å². The third-order valence-electron chi connectivity index (χ3n) is 3.14. The van der Waals surface area contributed by atoms with Crippen molar-refractivity contribution in [3.63, 3.8) is 0 Å². The summed E-state index contributed by atoms with van der Waals surface area (Å²) < 4.78 is 2.40. The topological polar surface area (TPSA) is 139 Å². The lowest BCUT2D eigenvalue weighted by molar-refractivity contribution is -0.148. The van der Waals surface area contributed by atoms with E-state index in [1.165, 1.54) is 11.8 Å². The first-order valence-electron chi connectivity index (χ1n) is 6.24. The molecule has 0 aromatic heterocycles. The average Bonchev–Trinajstić information content (AvgIpc) is 2.49. The number of nitrogens with one attached hydrogen (secondary N) is 1. The highest BCUT2D eigenvalue weighted by Gasteiger charge is 2.51. The molecule has 0 aromatic rings. The number of nitrogens with two attached hydrogens (primary N) is 1. The number of carboxylic acids is 1. The number of β-lactam (4-membered cyclic amide) rings is 1. The molecule has 0 saturated carbocycles. The number of ether oxygens (including phenoxy) is 1. The molecular formula is C11H10Cl3N3O6S. The van der Waals surface area contributed by atoms with Crippen molar-refractivity contribution in [1.29, 1.82) is 0 Å². The maximum absolute atomic E-state index is 11.7. The number of nitrogens with zero attached hydrogens (tertiary/aromatic N) is 1. The summed E-state index contributed by atoms with van der Waals surface area (Å²) in [5.41, 5.74) is 5.50. The van der Waals surface area contributed by atoms with Gasteiger partial charge in [0, 0.05) is 11.3 Å². The van der Waals surface area contributed by atoms with E-state index in [1.54, 1.807) is 5.32 Å². The van der Waals surface area contributed by atoms with Crippen LogP contribution in [-0.4, -0.2) is 61.5 Å². The standard InChI is InChI=1S/C11H10Cl3N3O6S/c12-11(13,14)9(21)16-10(22)23-1-3-2-24-7-4(15)6(18)17(7)5(3)8(19)20/h4,7H,1-2,15H2,(H,19,20)(H,16,21,22). The van der Waals surface area contributed by atoms with Crippen molar-refractivity contribution >= 4 is 70.4 Å². The quantitative estimate of drug-likeness (QED) is 0.436. The van der Waals surface area contributed by atoms with E-state index in [-0.39, 0.29) is 17.0 Å². The van der Waals surface area contributed by atoms with Gasteiger partial charge < -0.3 is 15.6 Å². The number of carbonyl (C=O) groups is 4. The smallest absolute Gasteiger partial charge is 0.414 e. The van der Waals surface area contributed by atoms with Crippen LogP contribution in [0.1, 0.15) is 0 Å². The second kappa shape index (κ2) is 6.96. The number of imide groups is 1. The molecule has 0 radical (unpaired) electrons. The third kappa shape index (κ3) is 3.72. The minimum Gasteiger partial charge on any atom is -0.477 e. The molecule has 0 spiro atoms. The summed E-state index contributed by atoms with van der Waals surface area (Å²) >= 11 is 17.1. The SMILES string of the molecule is NC1C(=O)N2C(C(=O)O)=C(COC(=O)NC(=O)C(Cl)(Cl)Cl)CSC12. The highest BCUT2D eigenvalue weighted by molar-refractivity contribution is 8.00. The molecule has 1 saturated heterocycles. The second-order valence-electron chi connectivity index (χ2n) is 4.72. The first-order valence-corrected chi connectivity index (χ1v) is 8.42. The van der Waals surface area contributed by atoms with Gasteiger partial charge >= 0.3 is 12.1 Å². The van der Waals surface area contributed by atoms with E-state index in [0.29, 0.717) is 0 Å². The molecule has 2 unspecified atom stereocenters. The molecule has 9 nitrogen and oxygen atoms in total. The van der Waals surface area contributed by atoms with Crippen LogP contribution in [0, 0.1) is 0 Å². The lowest BCUT2D eigenvalue weighted by atomic mass is 10.0. The van der Waals surface area contributed by atoms with Crippen molar-refractivity contribution in [1.82, 2.24) is 10.2 Å². The van der Waals surface area contributed by atoms with E-state index >= 15 is 0 Å². The van der Waals surface area contributed by atoms with Gasteiger partial charge in [0.2, 0.25) is 5.91 Å². The van der Waals surface area contributed by atoms with Crippen molar-refractivity contribution in [3.05, 3.63) is 11.3 Å². The molecule has 4 N–H and O–H groups in total. The molecule has 2 aliphatic rings. The highest BCUT2D eigenvalue weighted by Crippen LogP contribution is 2.39. The van der Waals surface area contributed by atoms with Crippen LogP contribution in [0.2, 0.25) is 0 Å². The molecule has 0 bridgehead atoms. The fraction of sp³-hybridized carbons (Fsp3) is 0.455. The molecule has 2 heterocycles. The lowest BCUT2D eigenvalue weighted by Crippen LogP contribution is -2.68. The number of amides is 3. The molecule has 0 aliphatic carbocycles. The molecule has 13 heteroatoms. The van der Waals surface area contributed by atoms with Crippen molar-refractivity contribution in [3.8, 4) is 0 Å². The number of thioether (sulfide) groups is 1. The third-order valence-corrected chi connectivity index (χ3v) is 5.02. The van der Waals surface area contributed by atoms with E-state index in [0.717, 1.165) is 4.90 Å². The maximum atomic E-state index is 11.7. The predicted octanol–water partition coefficient (Wildman–Crippen LogP) is 0.191. The summed E-state index contributed by atoms with van der Waals surface area (Å²) in [6.45, 7) is -0.459. The highest BCUT2D eigenvalue weighted by atomic mass is 35.6.